The van der Waals surface area contributed by atoms with Gasteiger partial charge in [-0.2, -0.15) is 0 Å². The predicted molar refractivity (Wildman–Crippen MR) is 57.0 cm³/mol. The van der Waals surface area contributed by atoms with Crippen LogP contribution in [-0.2, 0) is 11.3 Å². The smallest absolute Gasteiger partial charge is 0.317 e. The fourth-order valence-corrected chi connectivity index (χ4v) is 1.08. The first-order valence-corrected chi connectivity index (χ1v) is 4.62. The minimum atomic E-state index is -0.276. The van der Waals surface area contributed by atoms with Gasteiger partial charge in [-0.25, -0.2) is 4.79 Å². The van der Waals surface area contributed by atoms with Crippen molar-refractivity contribution in [2.24, 2.45) is 0 Å². The molecule has 0 aromatic heterocycles. The molecule has 0 aliphatic carbocycles. The third-order valence-corrected chi connectivity index (χ3v) is 1.93. The number of nitrogens with one attached hydrogen (secondary N) is 1. The lowest BCUT2D eigenvalue weighted by Crippen LogP contribution is -2.37. The van der Waals surface area contributed by atoms with Crippen molar-refractivity contribution in [2.45, 2.75) is 6.54 Å². The van der Waals surface area contributed by atoms with Crippen molar-refractivity contribution < 1.29 is 9.59 Å². The highest BCUT2D eigenvalue weighted by atomic mass is 16.2. The molecule has 4 heteroatoms. The number of nitrogens with zero attached hydrogens (tertiary/aromatic N) is 1. The van der Waals surface area contributed by atoms with E-state index in [1.165, 1.54) is 4.90 Å². The highest BCUT2D eigenvalue weighted by Gasteiger charge is 2.06. The number of carbonyl (C=O) groups is 1. The van der Waals surface area contributed by atoms with Crippen molar-refractivity contribution in [1.82, 2.24) is 10.2 Å². The van der Waals surface area contributed by atoms with Crippen molar-refractivity contribution in [3.63, 3.8) is 0 Å². The molecule has 0 aliphatic rings. The van der Waals surface area contributed by atoms with E-state index in [4.69, 9.17) is 0 Å². The molecule has 0 spiro atoms. The van der Waals surface area contributed by atoms with Crippen molar-refractivity contribution in [1.29, 1.82) is 0 Å². The van der Waals surface area contributed by atoms with Gasteiger partial charge in [-0.1, -0.05) is 30.3 Å². The van der Waals surface area contributed by atoms with E-state index in [0.717, 1.165) is 5.56 Å². The molecule has 79 valence electrons. The predicted octanol–water partition coefficient (Wildman–Crippen LogP) is 0.938. The van der Waals surface area contributed by atoms with E-state index >= 15 is 0 Å². The molecule has 1 aromatic rings. The van der Waals surface area contributed by atoms with Crippen LogP contribution in [0.4, 0.5) is 4.79 Å². The van der Waals surface area contributed by atoms with Gasteiger partial charge in [0, 0.05) is 13.6 Å². The van der Waals surface area contributed by atoms with Crippen molar-refractivity contribution in [3.8, 4) is 0 Å². The van der Waals surface area contributed by atoms with Gasteiger partial charge in [0.1, 0.15) is 0 Å². The quantitative estimate of drug-likeness (QED) is 0.795. The van der Waals surface area contributed by atoms with Crippen LogP contribution in [0, 0.1) is 0 Å². The van der Waals surface area contributed by atoms with E-state index in [1.807, 2.05) is 30.3 Å². The van der Waals surface area contributed by atoms with Crippen LogP contribution in [-0.4, -0.2) is 30.8 Å². The Morgan fingerprint density at radius 1 is 1.40 bits per heavy atom. The summed E-state index contributed by atoms with van der Waals surface area (Å²) < 4.78 is 0. The number of urea groups is 1. The number of amides is 2. The Labute approximate surface area is 88.9 Å². The summed E-state index contributed by atoms with van der Waals surface area (Å²) in [4.78, 5) is 22.7. The first kappa shape index (κ1) is 11.2. The Morgan fingerprint density at radius 2 is 2.07 bits per heavy atom. The molecule has 0 saturated carbocycles. The lowest BCUT2D eigenvalue weighted by molar-refractivity contribution is 0.213. The molecule has 0 atom stereocenters. The fraction of sp³-hybridized carbons (Fsp3) is 0.273. The van der Waals surface area contributed by atoms with Gasteiger partial charge in [0.15, 0.2) is 0 Å². The summed E-state index contributed by atoms with van der Waals surface area (Å²) in [5, 5.41) is 2.69. The molecule has 15 heavy (non-hydrogen) atoms. The Morgan fingerprint density at radius 3 is 2.67 bits per heavy atom. The van der Waals surface area contributed by atoms with Crippen molar-refractivity contribution in [3.05, 3.63) is 35.9 Å². The summed E-state index contributed by atoms with van der Waals surface area (Å²) >= 11 is 0. The van der Waals surface area contributed by atoms with Crippen LogP contribution in [0.3, 0.4) is 0 Å². The van der Waals surface area contributed by atoms with Gasteiger partial charge in [0.25, 0.3) is 0 Å². The molecule has 0 unspecified atom stereocenters. The van der Waals surface area contributed by atoms with Gasteiger partial charge in [0.2, 0.25) is 6.29 Å². The Bertz CT molecular complexity index is 325. The zero-order valence-corrected chi connectivity index (χ0v) is 8.56. The molecule has 0 saturated heterocycles. The number of likely N-dealkylation sites (N-methyl/N-ethyl adjacent to an activating group) is 1. The van der Waals surface area contributed by atoms with Crippen LogP contribution in [0.15, 0.2) is 30.3 Å². The number of benzene rings is 1. The van der Waals surface area contributed by atoms with E-state index in [0.29, 0.717) is 6.54 Å². The minimum Gasteiger partial charge on any atom is -0.334 e. The Hall–Kier alpha value is -1.84. The molecule has 1 aromatic carbocycles. The van der Waals surface area contributed by atoms with Crippen LogP contribution >= 0.6 is 0 Å². The molecule has 2 amide bonds. The molecular formula is C11H13N2O2. The van der Waals surface area contributed by atoms with Gasteiger partial charge in [-0.15, -0.1) is 0 Å². The van der Waals surface area contributed by atoms with Gasteiger partial charge >= 0.3 is 6.03 Å². The maximum Gasteiger partial charge on any atom is 0.317 e. The van der Waals surface area contributed by atoms with Crippen LogP contribution in [0.5, 0.6) is 0 Å². The van der Waals surface area contributed by atoms with E-state index in [-0.39, 0.29) is 12.6 Å². The molecule has 0 aliphatic heterocycles. The average Bonchev–Trinajstić information content (AvgIpc) is 2.27. The second kappa shape index (κ2) is 5.80. The average molecular weight is 205 g/mol. The second-order valence-corrected chi connectivity index (χ2v) is 3.14. The van der Waals surface area contributed by atoms with Crippen LogP contribution in [0.1, 0.15) is 5.56 Å². The maximum absolute atomic E-state index is 11.3. The Balaban J connectivity index is 2.37. The summed E-state index contributed by atoms with van der Waals surface area (Å²) in [5.41, 5.74) is 1.02. The molecule has 1 N–H and O–H groups in total. The molecule has 1 rings (SSSR count). The zero-order chi connectivity index (χ0) is 11.1. The standard InChI is InChI=1S/C11H13N2O2/c1-13(7-8-14)11(15)12-9-10-5-3-2-4-6-10/h2-6H,7,9H2,1H3,(H,12,15). The maximum atomic E-state index is 11.3. The highest BCUT2D eigenvalue weighted by Crippen LogP contribution is 1.97. The van der Waals surface area contributed by atoms with Crippen molar-refractivity contribution in [2.75, 3.05) is 13.6 Å². The van der Waals surface area contributed by atoms with Gasteiger partial charge in [-0.3, -0.25) is 4.79 Å². The molecular weight excluding hydrogens is 192 g/mol. The first-order chi connectivity index (χ1) is 7.24. The van der Waals surface area contributed by atoms with E-state index in [1.54, 1.807) is 13.3 Å². The van der Waals surface area contributed by atoms with Crippen LogP contribution < -0.4 is 5.32 Å². The monoisotopic (exact) mass is 205 g/mol. The van der Waals surface area contributed by atoms with Crippen molar-refractivity contribution >= 4 is 12.3 Å². The summed E-state index contributed by atoms with van der Waals surface area (Å²) in [6, 6.07) is 9.30. The molecule has 0 heterocycles. The SMILES string of the molecule is CN(C[C]=O)C(=O)NCc1ccccc1. The number of hydrogen-bond donors (Lipinski definition) is 1. The van der Waals surface area contributed by atoms with E-state index in [2.05, 4.69) is 5.32 Å². The molecule has 1 radical (unpaired) electrons. The summed E-state index contributed by atoms with van der Waals surface area (Å²) in [7, 11) is 1.55. The lowest BCUT2D eigenvalue weighted by Gasteiger charge is -2.14. The molecule has 0 fully saturated rings. The van der Waals surface area contributed by atoms with E-state index < -0.39 is 0 Å². The third kappa shape index (κ3) is 3.81. The zero-order valence-electron chi connectivity index (χ0n) is 8.56. The lowest BCUT2D eigenvalue weighted by atomic mass is 10.2. The number of rotatable bonds is 4. The first-order valence-electron chi connectivity index (χ1n) is 4.62. The van der Waals surface area contributed by atoms with Crippen LogP contribution in [0.2, 0.25) is 0 Å². The Kier molecular flexibility index (Phi) is 4.34. The van der Waals surface area contributed by atoms with Gasteiger partial charge in [0.05, 0.1) is 6.54 Å². The minimum absolute atomic E-state index is 0.0133. The second-order valence-electron chi connectivity index (χ2n) is 3.14. The summed E-state index contributed by atoms with van der Waals surface area (Å²) in [5.74, 6) is 0. The van der Waals surface area contributed by atoms with Gasteiger partial charge in [-0.05, 0) is 5.56 Å². The molecule has 4 nitrogen and oxygen atoms in total. The fourth-order valence-electron chi connectivity index (χ4n) is 1.08. The normalized spacial score (nSPS) is 9.40. The number of hydrogen-bond acceptors (Lipinski definition) is 2. The van der Waals surface area contributed by atoms with Gasteiger partial charge < -0.3 is 10.2 Å². The van der Waals surface area contributed by atoms with E-state index in [9.17, 15) is 9.59 Å². The third-order valence-electron chi connectivity index (χ3n) is 1.93. The topological polar surface area (TPSA) is 49.4 Å². The summed E-state index contributed by atoms with van der Waals surface area (Å²) in [6.45, 7) is 0.448. The highest BCUT2D eigenvalue weighted by molar-refractivity contribution is 5.76. The number of carbonyl (C=O) groups excluding carboxylic acids is 2. The van der Waals surface area contributed by atoms with Crippen LogP contribution in [0.25, 0.3) is 0 Å². The summed E-state index contributed by atoms with van der Waals surface area (Å²) in [6.07, 6.45) is 1.66. The molecule has 0 bridgehead atoms. The largest absolute Gasteiger partial charge is 0.334 e.